The van der Waals surface area contributed by atoms with E-state index < -0.39 is 0 Å². The highest BCUT2D eigenvalue weighted by Gasteiger charge is 2.18. The first-order valence-corrected chi connectivity index (χ1v) is 8.34. The molecule has 1 aromatic carbocycles. The maximum Gasteiger partial charge on any atom is 0.257 e. The van der Waals surface area contributed by atoms with Crippen molar-refractivity contribution in [1.82, 2.24) is 9.88 Å². The van der Waals surface area contributed by atoms with Crippen LogP contribution in [-0.4, -0.2) is 40.1 Å². The van der Waals surface area contributed by atoms with Crippen molar-refractivity contribution in [3.05, 3.63) is 59.4 Å². The number of likely N-dealkylation sites (tertiary alicyclic amines) is 1. The molecule has 0 unspecified atom stereocenters. The molecular weight excluding hydrogens is 302 g/mol. The average molecular weight is 325 g/mol. The molecule has 0 bridgehead atoms. The fourth-order valence-electron chi connectivity index (χ4n) is 2.90. The van der Waals surface area contributed by atoms with Gasteiger partial charge in [-0.1, -0.05) is 18.2 Å². The number of amides is 1. The summed E-state index contributed by atoms with van der Waals surface area (Å²) in [6.45, 7) is 4.43. The van der Waals surface area contributed by atoms with Crippen molar-refractivity contribution >= 4 is 11.6 Å². The zero-order valence-electron chi connectivity index (χ0n) is 13.9. The normalized spacial score (nSPS) is 16.1. The molecule has 0 saturated carbocycles. The second kappa shape index (κ2) is 7.55. The van der Waals surface area contributed by atoms with E-state index in [4.69, 9.17) is 0 Å². The Balaban J connectivity index is 1.69. The van der Waals surface area contributed by atoms with Crippen LogP contribution in [0.5, 0.6) is 0 Å². The molecule has 126 valence electrons. The second-order valence-corrected chi connectivity index (χ2v) is 6.31. The van der Waals surface area contributed by atoms with Crippen molar-refractivity contribution in [3.63, 3.8) is 0 Å². The molecule has 0 spiro atoms. The zero-order valence-corrected chi connectivity index (χ0v) is 13.9. The first kappa shape index (κ1) is 16.6. The number of aryl methyl sites for hydroxylation is 1. The van der Waals surface area contributed by atoms with E-state index in [0.29, 0.717) is 5.56 Å². The SMILES string of the molecule is Cc1ccc(C(=O)Nc2ccccc2CN2CCC(O)CC2)cn1. The van der Waals surface area contributed by atoms with Crippen LogP contribution in [0, 0.1) is 6.92 Å². The highest BCUT2D eigenvalue weighted by atomic mass is 16.3. The molecule has 1 aliphatic rings. The molecule has 2 heterocycles. The molecule has 1 saturated heterocycles. The maximum atomic E-state index is 12.4. The van der Waals surface area contributed by atoms with E-state index in [1.807, 2.05) is 37.3 Å². The summed E-state index contributed by atoms with van der Waals surface area (Å²) < 4.78 is 0. The van der Waals surface area contributed by atoms with E-state index in [-0.39, 0.29) is 12.0 Å². The number of aliphatic hydroxyl groups excluding tert-OH is 1. The van der Waals surface area contributed by atoms with E-state index in [1.54, 1.807) is 12.3 Å². The Morgan fingerprint density at radius 2 is 2.00 bits per heavy atom. The molecule has 1 amide bonds. The van der Waals surface area contributed by atoms with Crippen molar-refractivity contribution in [2.45, 2.75) is 32.4 Å². The number of carbonyl (C=O) groups is 1. The van der Waals surface area contributed by atoms with Gasteiger partial charge in [0.05, 0.1) is 11.7 Å². The first-order chi connectivity index (χ1) is 11.6. The van der Waals surface area contributed by atoms with Crippen LogP contribution in [0.4, 0.5) is 5.69 Å². The van der Waals surface area contributed by atoms with Gasteiger partial charge in [-0.15, -0.1) is 0 Å². The van der Waals surface area contributed by atoms with E-state index in [2.05, 4.69) is 15.2 Å². The number of pyridine rings is 1. The smallest absolute Gasteiger partial charge is 0.257 e. The standard InChI is InChI=1S/C19H23N3O2/c1-14-6-7-15(12-20-14)19(24)21-18-5-3-2-4-16(18)13-22-10-8-17(23)9-11-22/h2-7,12,17,23H,8-11,13H2,1H3,(H,21,24). The van der Waals surface area contributed by atoms with Crippen molar-refractivity contribution in [2.24, 2.45) is 0 Å². The minimum absolute atomic E-state index is 0.149. The Hall–Kier alpha value is -2.24. The van der Waals surface area contributed by atoms with Gasteiger partial charge in [0.1, 0.15) is 0 Å². The lowest BCUT2D eigenvalue weighted by Gasteiger charge is -2.30. The van der Waals surface area contributed by atoms with Crippen LogP contribution >= 0.6 is 0 Å². The third kappa shape index (κ3) is 4.19. The summed E-state index contributed by atoms with van der Waals surface area (Å²) in [5, 5.41) is 12.6. The van der Waals surface area contributed by atoms with Crippen LogP contribution in [0.1, 0.15) is 34.5 Å². The number of aromatic nitrogens is 1. The highest BCUT2D eigenvalue weighted by Crippen LogP contribution is 2.20. The van der Waals surface area contributed by atoms with Gasteiger partial charge in [-0.25, -0.2) is 0 Å². The number of para-hydroxylation sites is 1. The van der Waals surface area contributed by atoms with Crippen LogP contribution in [0.2, 0.25) is 0 Å². The molecule has 5 nitrogen and oxygen atoms in total. The van der Waals surface area contributed by atoms with E-state index in [9.17, 15) is 9.90 Å². The number of anilines is 1. The molecule has 2 aromatic rings. The predicted molar refractivity (Wildman–Crippen MR) is 93.9 cm³/mol. The maximum absolute atomic E-state index is 12.4. The topological polar surface area (TPSA) is 65.5 Å². The number of hydrogen-bond donors (Lipinski definition) is 2. The van der Waals surface area contributed by atoms with Gasteiger partial charge in [-0.05, 0) is 43.5 Å². The van der Waals surface area contributed by atoms with Gasteiger partial charge in [0, 0.05) is 37.2 Å². The summed E-state index contributed by atoms with van der Waals surface area (Å²) in [4.78, 5) is 18.9. The van der Waals surface area contributed by atoms with Crippen LogP contribution in [0.3, 0.4) is 0 Å². The molecule has 0 atom stereocenters. The summed E-state index contributed by atoms with van der Waals surface area (Å²) in [6.07, 6.45) is 3.04. The lowest BCUT2D eigenvalue weighted by molar-refractivity contribution is 0.0793. The second-order valence-electron chi connectivity index (χ2n) is 6.31. The van der Waals surface area contributed by atoms with E-state index in [0.717, 1.165) is 49.4 Å². The van der Waals surface area contributed by atoms with Crippen LogP contribution in [0.25, 0.3) is 0 Å². The number of hydrogen-bond acceptors (Lipinski definition) is 4. The van der Waals surface area contributed by atoms with Gasteiger partial charge < -0.3 is 10.4 Å². The Labute approximate surface area is 142 Å². The van der Waals surface area contributed by atoms with E-state index in [1.165, 1.54) is 0 Å². The summed E-state index contributed by atoms with van der Waals surface area (Å²) in [7, 11) is 0. The van der Waals surface area contributed by atoms with Crippen molar-refractivity contribution < 1.29 is 9.90 Å². The molecular formula is C19H23N3O2. The summed E-state index contributed by atoms with van der Waals surface area (Å²) >= 11 is 0. The van der Waals surface area contributed by atoms with Crippen molar-refractivity contribution in [3.8, 4) is 0 Å². The monoisotopic (exact) mass is 325 g/mol. The molecule has 1 aromatic heterocycles. The Kier molecular flexibility index (Phi) is 5.23. The Morgan fingerprint density at radius 3 is 2.71 bits per heavy atom. The minimum atomic E-state index is -0.176. The van der Waals surface area contributed by atoms with Crippen LogP contribution in [0.15, 0.2) is 42.6 Å². The number of aliphatic hydroxyl groups is 1. The number of carbonyl (C=O) groups excluding carboxylic acids is 1. The summed E-state index contributed by atoms with van der Waals surface area (Å²) in [5.41, 5.74) is 3.35. The van der Waals surface area contributed by atoms with Crippen LogP contribution in [-0.2, 0) is 6.54 Å². The molecule has 24 heavy (non-hydrogen) atoms. The van der Waals surface area contributed by atoms with Crippen molar-refractivity contribution in [2.75, 3.05) is 18.4 Å². The number of piperidine rings is 1. The average Bonchev–Trinajstić information content (AvgIpc) is 2.59. The molecule has 0 aliphatic carbocycles. The van der Waals surface area contributed by atoms with Gasteiger partial charge in [0.2, 0.25) is 0 Å². The van der Waals surface area contributed by atoms with Gasteiger partial charge in [-0.2, -0.15) is 0 Å². The van der Waals surface area contributed by atoms with Gasteiger partial charge in [-0.3, -0.25) is 14.7 Å². The first-order valence-electron chi connectivity index (χ1n) is 8.34. The minimum Gasteiger partial charge on any atom is -0.393 e. The van der Waals surface area contributed by atoms with E-state index >= 15 is 0 Å². The number of nitrogens with zero attached hydrogens (tertiary/aromatic N) is 2. The predicted octanol–water partition coefficient (Wildman–Crippen LogP) is 2.60. The Morgan fingerprint density at radius 1 is 1.25 bits per heavy atom. The third-order valence-corrected chi connectivity index (χ3v) is 4.39. The van der Waals surface area contributed by atoms with Gasteiger partial charge >= 0.3 is 0 Å². The fraction of sp³-hybridized carbons (Fsp3) is 0.368. The Bertz CT molecular complexity index is 692. The summed E-state index contributed by atoms with van der Waals surface area (Å²) in [6, 6.07) is 11.5. The largest absolute Gasteiger partial charge is 0.393 e. The van der Waals surface area contributed by atoms with Gasteiger partial charge in [0.25, 0.3) is 5.91 Å². The number of nitrogens with one attached hydrogen (secondary N) is 1. The quantitative estimate of drug-likeness (QED) is 0.907. The molecule has 5 heteroatoms. The highest BCUT2D eigenvalue weighted by molar-refractivity contribution is 6.04. The lowest BCUT2D eigenvalue weighted by Crippen LogP contribution is -2.35. The van der Waals surface area contributed by atoms with Crippen molar-refractivity contribution in [1.29, 1.82) is 0 Å². The number of benzene rings is 1. The molecule has 1 fully saturated rings. The molecule has 1 aliphatic heterocycles. The lowest BCUT2D eigenvalue weighted by atomic mass is 10.1. The fourth-order valence-corrected chi connectivity index (χ4v) is 2.90. The zero-order chi connectivity index (χ0) is 16.9. The molecule has 0 radical (unpaired) electrons. The molecule has 2 N–H and O–H groups in total. The van der Waals surface area contributed by atoms with Crippen LogP contribution < -0.4 is 5.32 Å². The molecule has 3 rings (SSSR count). The van der Waals surface area contributed by atoms with Gasteiger partial charge in [0.15, 0.2) is 0 Å². The third-order valence-electron chi connectivity index (χ3n) is 4.39. The number of rotatable bonds is 4. The summed E-state index contributed by atoms with van der Waals surface area (Å²) in [5.74, 6) is -0.149.